The Bertz CT molecular complexity index is 2290. The molecule has 1 N–H and O–H groups in total. The number of hydrogen-bond donors (Lipinski definition) is 1. The van der Waals surface area contributed by atoms with E-state index in [1.807, 2.05) is 6.20 Å². The summed E-state index contributed by atoms with van der Waals surface area (Å²) in [4.78, 5) is 5.33. The first kappa shape index (κ1) is 28.1. The molecule has 0 aliphatic carbocycles. The highest BCUT2D eigenvalue weighted by molar-refractivity contribution is 6.10. The summed E-state index contributed by atoms with van der Waals surface area (Å²) >= 11 is 0. The lowest BCUT2D eigenvalue weighted by atomic mass is 9.88. The quantitative estimate of drug-likeness (QED) is 0.207. The van der Waals surface area contributed by atoms with Crippen LogP contribution in [-0.2, 0) is 0 Å². The SMILES string of the molecule is CC(C)c1cc(-c2ccccc2)cc(C(C)C)c1-n1c(-c2cccc3c2oc2cc(C4=CCNC=C4)ccc23)nc2ccccc21. The van der Waals surface area contributed by atoms with Crippen molar-refractivity contribution in [3.8, 4) is 28.2 Å². The summed E-state index contributed by atoms with van der Waals surface area (Å²) in [5, 5.41) is 5.45. The van der Waals surface area contributed by atoms with E-state index in [1.54, 1.807) is 0 Å². The normalized spacial score (nSPS) is 13.3. The van der Waals surface area contributed by atoms with Gasteiger partial charge in [0.15, 0.2) is 0 Å². The smallest absolute Gasteiger partial charge is 0.149 e. The third-order valence-electron chi connectivity index (χ3n) is 9.20. The van der Waals surface area contributed by atoms with Crippen LogP contribution in [0.2, 0.25) is 0 Å². The summed E-state index contributed by atoms with van der Waals surface area (Å²) in [6.07, 6.45) is 6.33. The van der Waals surface area contributed by atoms with Crippen LogP contribution in [0.1, 0.15) is 56.2 Å². The van der Waals surface area contributed by atoms with E-state index in [4.69, 9.17) is 9.40 Å². The highest BCUT2D eigenvalue weighted by atomic mass is 16.3. The van der Waals surface area contributed by atoms with E-state index in [2.05, 4.69) is 153 Å². The van der Waals surface area contributed by atoms with Crippen molar-refractivity contribution in [2.75, 3.05) is 6.54 Å². The van der Waals surface area contributed by atoms with E-state index in [9.17, 15) is 0 Å². The molecule has 3 heterocycles. The molecule has 0 saturated heterocycles. The molecule has 0 fully saturated rings. The van der Waals surface area contributed by atoms with Gasteiger partial charge < -0.3 is 9.73 Å². The number of fused-ring (bicyclic) bond motifs is 4. The van der Waals surface area contributed by atoms with Crippen LogP contribution in [0.4, 0.5) is 0 Å². The van der Waals surface area contributed by atoms with Gasteiger partial charge >= 0.3 is 0 Å². The molecule has 46 heavy (non-hydrogen) atoms. The number of allylic oxidation sites excluding steroid dienone is 2. The van der Waals surface area contributed by atoms with Crippen LogP contribution >= 0.6 is 0 Å². The number of rotatable bonds is 6. The molecule has 1 aliphatic heterocycles. The van der Waals surface area contributed by atoms with Crippen molar-refractivity contribution in [3.05, 3.63) is 138 Å². The Labute approximate surface area is 269 Å². The molecule has 0 radical (unpaired) electrons. The Balaban J connectivity index is 1.41. The maximum atomic E-state index is 6.77. The number of dihydropyridines is 1. The van der Waals surface area contributed by atoms with Gasteiger partial charge in [-0.1, -0.05) is 94.4 Å². The second kappa shape index (κ2) is 11.2. The highest BCUT2D eigenvalue weighted by Gasteiger charge is 2.25. The van der Waals surface area contributed by atoms with E-state index < -0.39 is 0 Å². The minimum Gasteiger partial charge on any atom is -0.455 e. The molecule has 4 nitrogen and oxygen atoms in total. The number of para-hydroxylation sites is 3. The van der Waals surface area contributed by atoms with Crippen molar-refractivity contribution in [2.24, 2.45) is 0 Å². The Morgan fingerprint density at radius 1 is 0.717 bits per heavy atom. The van der Waals surface area contributed by atoms with E-state index in [0.29, 0.717) is 11.8 Å². The van der Waals surface area contributed by atoms with E-state index >= 15 is 0 Å². The summed E-state index contributed by atoms with van der Waals surface area (Å²) < 4.78 is 9.16. The van der Waals surface area contributed by atoms with Crippen LogP contribution in [-0.4, -0.2) is 16.1 Å². The fraction of sp³-hybridized carbons (Fsp3) is 0.167. The number of nitrogens with zero attached hydrogens (tertiary/aromatic N) is 2. The number of benzene rings is 5. The van der Waals surface area contributed by atoms with Crippen molar-refractivity contribution in [1.82, 2.24) is 14.9 Å². The lowest BCUT2D eigenvalue weighted by Crippen LogP contribution is -2.09. The number of furan rings is 1. The molecule has 8 rings (SSSR count). The molecule has 0 amide bonds. The van der Waals surface area contributed by atoms with Crippen LogP contribution in [0.25, 0.3) is 66.7 Å². The Kier molecular flexibility index (Phi) is 6.87. The largest absolute Gasteiger partial charge is 0.455 e. The fourth-order valence-electron chi connectivity index (χ4n) is 6.87. The second-order valence-corrected chi connectivity index (χ2v) is 12.8. The number of hydrogen-bond acceptors (Lipinski definition) is 3. The van der Waals surface area contributed by atoms with Gasteiger partial charge in [0.05, 0.1) is 22.3 Å². The third-order valence-corrected chi connectivity index (χ3v) is 9.20. The molecular weight excluding hydrogens is 562 g/mol. The average molecular weight is 600 g/mol. The minimum absolute atomic E-state index is 0.295. The zero-order valence-corrected chi connectivity index (χ0v) is 26.7. The lowest BCUT2D eigenvalue weighted by Gasteiger charge is -2.24. The zero-order chi connectivity index (χ0) is 31.4. The molecule has 226 valence electrons. The van der Waals surface area contributed by atoms with Gasteiger partial charge in [-0.3, -0.25) is 4.57 Å². The van der Waals surface area contributed by atoms with Gasteiger partial charge in [-0.05, 0) is 100.0 Å². The fourth-order valence-corrected chi connectivity index (χ4v) is 6.87. The maximum absolute atomic E-state index is 6.77. The Morgan fingerprint density at radius 2 is 1.48 bits per heavy atom. The number of imidazole rings is 1. The summed E-state index contributed by atoms with van der Waals surface area (Å²) in [6.45, 7) is 10.00. The second-order valence-electron chi connectivity index (χ2n) is 12.8. The van der Waals surface area contributed by atoms with E-state index in [1.165, 1.54) is 33.5 Å². The molecular formula is C42H37N3O. The van der Waals surface area contributed by atoms with E-state index in [0.717, 1.165) is 56.5 Å². The van der Waals surface area contributed by atoms with Crippen LogP contribution in [0.3, 0.4) is 0 Å². The number of aromatic nitrogens is 2. The summed E-state index contributed by atoms with van der Waals surface area (Å²) in [7, 11) is 0. The zero-order valence-electron chi connectivity index (χ0n) is 26.7. The van der Waals surface area contributed by atoms with Gasteiger partial charge in [0.25, 0.3) is 0 Å². The first-order valence-electron chi connectivity index (χ1n) is 16.2. The molecule has 0 unspecified atom stereocenters. The monoisotopic (exact) mass is 599 g/mol. The topological polar surface area (TPSA) is 43.0 Å². The van der Waals surface area contributed by atoms with Gasteiger partial charge in [0, 0.05) is 17.3 Å². The van der Waals surface area contributed by atoms with Gasteiger partial charge in [0.1, 0.15) is 17.0 Å². The summed E-state index contributed by atoms with van der Waals surface area (Å²) in [6, 6.07) is 37.0. The summed E-state index contributed by atoms with van der Waals surface area (Å²) in [5.74, 6) is 1.49. The van der Waals surface area contributed by atoms with Crippen LogP contribution in [0.15, 0.2) is 126 Å². The van der Waals surface area contributed by atoms with Crippen molar-refractivity contribution >= 4 is 38.5 Å². The molecule has 0 spiro atoms. The van der Waals surface area contributed by atoms with Gasteiger partial charge in [-0.25, -0.2) is 4.98 Å². The van der Waals surface area contributed by atoms with Gasteiger partial charge in [-0.15, -0.1) is 0 Å². The molecule has 7 aromatic rings. The van der Waals surface area contributed by atoms with Crippen LogP contribution in [0.5, 0.6) is 0 Å². The van der Waals surface area contributed by atoms with Crippen molar-refractivity contribution in [3.63, 3.8) is 0 Å². The first-order chi connectivity index (χ1) is 22.5. The third kappa shape index (κ3) is 4.64. The Hall–Kier alpha value is -5.35. The first-order valence-corrected chi connectivity index (χ1v) is 16.2. The molecule has 2 aromatic heterocycles. The van der Waals surface area contributed by atoms with Crippen molar-refractivity contribution in [1.29, 1.82) is 0 Å². The van der Waals surface area contributed by atoms with Gasteiger partial charge in [0.2, 0.25) is 0 Å². The maximum Gasteiger partial charge on any atom is 0.149 e. The van der Waals surface area contributed by atoms with E-state index in [-0.39, 0.29) is 0 Å². The van der Waals surface area contributed by atoms with Crippen molar-refractivity contribution in [2.45, 2.75) is 39.5 Å². The van der Waals surface area contributed by atoms with Crippen LogP contribution < -0.4 is 5.32 Å². The highest BCUT2D eigenvalue weighted by Crippen LogP contribution is 2.42. The van der Waals surface area contributed by atoms with Gasteiger partial charge in [-0.2, -0.15) is 0 Å². The molecule has 0 bridgehead atoms. The lowest BCUT2D eigenvalue weighted by molar-refractivity contribution is 0.669. The molecule has 1 aliphatic rings. The molecule has 0 atom stereocenters. The van der Waals surface area contributed by atoms with Crippen LogP contribution in [0, 0.1) is 0 Å². The number of nitrogens with one attached hydrogen (secondary N) is 1. The molecule has 0 saturated carbocycles. The molecule has 5 aromatic carbocycles. The standard InChI is InChI=1S/C42H37N3O/c1-26(2)35-23-31(28-11-6-5-7-12-28)24-36(27(3)4)40(35)45-38-16-9-8-15-37(38)44-42(45)34-14-10-13-33-32-18-17-30(25-39(32)46-41(33)34)29-19-21-43-22-20-29/h5-21,23-27,43H,22H2,1-4H3. The molecule has 4 heteroatoms. The Morgan fingerprint density at radius 3 is 2.22 bits per heavy atom. The summed E-state index contributed by atoms with van der Waals surface area (Å²) in [5.41, 5.74) is 13.4. The average Bonchev–Trinajstić information content (AvgIpc) is 3.66. The predicted molar refractivity (Wildman–Crippen MR) is 193 cm³/mol. The van der Waals surface area contributed by atoms with Crippen molar-refractivity contribution < 1.29 is 4.42 Å². The minimum atomic E-state index is 0.295. The predicted octanol–water partition coefficient (Wildman–Crippen LogP) is 11.0.